The topological polar surface area (TPSA) is 138 Å². The number of ether oxygens (including phenoxy) is 1. The van der Waals surface area contributed by atoms with Gasteiger partial charge in [0, 0.05) is 49.0 Å². The van der Waals surface area contributed by atoms with Crippen molar-refractivity contribution in [2.75, 3.05) is 20.2 Å². The lowest BCUT2D eigenvalue weighted by Crippen LogP contribution is -2.54. The Bertz CT molecular complexity index is 1590. The summed E-state index contributed by atoms with van der Waals surface area (Å²) in [7, 11) is 1.59. The number of aryl methyl sites for hydroxylation is 2. The van der Waals surface area contributed by atoms with Gasteiger partial charge in [-0.15, -0.1) is 0 Å². The van der Waals surface area contributed by atoms with Crippen molar-refractivity contribution in [3.63, 3.8) is 0 Å². The van der Waals surface area contributed by atoms with Gasteiger partial charge in [0.05, 0.1) is 28.4 Å². The fraction of sp³-hybridized carbons (Fsp3) is 0.269. The molecule has 1 fully saturated rings. The van der Waals surface area contributed by atoms with E-state index in [0.717, 1.165) is 6.92 Å². The van der Waals surface area contributed by atoms with Crippen LogP contribution in [0.3, 0.4) is 0 Å². The van der Waals surface area contributed by atoms with Crippen molar-refractivity contribution < 1.29 is 28.4 Å². The Hall–Kier alpha value is -4.31. The SMILES string of the molecule is COC1CN(C(=O)c2ccc3c4cc(-c5c(C)noc5C)cc(C(N)=O)c4n(C(=O)C(C)=O)c3c2)C1. The van der Waals surface area contributed by atoms with Gasteiger partial charge in [0.1, 0.15) is 5.76 Å². The molecule has 0 aliphatic carbocycles. The van der Waals surface area contributed by atoms with Gasteiger partial charge < -0.3 is 19.9 Å². The number of likely N-dealkylation sites (tertiary alicyclic amines) is 1. The van der Waals surface area contributed by atoms with Gasteiger partial charge in [-0.25, -0.2) is 0 Å². The number of carbonyl (C=O) groups excluding carboxylic acids is 4. The third kappa shape index (κ3) is 3.49. The van der Waals surface area contributed by atoms with Crippen molar-refractivity contribution >= 4 is 45.3 Å². The molecule has 5 rings (SSSR count). The normalized spacial score (nSPS) is 13.8. The van der Waals surface area contributed by atoms with Gasteiger partial charge in [-0.05, 0) is 43.7 Å². The smallest absolute Gasteiger partial charge is 0.298 e. The number of carbonyl (C=O) groups is 4. The minimum absolute atomic E-state index is 0.00992. The number of hydrogen-bond acceptors (Lipinski definition) is 7. The van der Waals surface area contributed by atoms with Crippen molar-refractivity contribution in [3.05, 3.63) is 52.9 Å². The Morgan fingerprint density at radius 1 is 1.08 bits per heavy atom. The van der Waals surface area contributed by atoms with Gasteiger partial charge in [0.25, 0.3) is 17.7 Å². The van der Waals surface area contributed by atoms with E-state index in [2.05, 4.69) is 5.16 Å². The zero-order valence-corrected chi connectivity index (χ0v) is 20.2. The molecule has 184 valence electrons. The van der Waals surface area contributed by atoms with E-state index >= 15 is 0 Å². The highest BCUT2D eigenvalue weighted by molar-refractivity contribution is 6.40. The minimum atomic E-state index is -0.837. The van der Waals surface area contributed by atoms with Crippen LogP contribution in [0.25, 0.3) is 32.9 Å². The lowest BCUT2D eigenvalue weighted by Gasteiger charge is -2.38. The number of primary amides is 1. The highest BCUT2D eigenvalue weighted by atomic mass is 16.5. The van der Waals surface area contributed by atoms with Crippen LogP contribution in [-0.2, 0) is 9.53 Å². The fourth-order valence-corrected chi connectivity index (χ4v) is 4.81. The molecular weight excluding hydrogens is 464 g/mol. The minimum Gasteiger partial charge on any atom is -0.378 e. The summed E-state index contributed by atoms with van der Waals surface area (Å²) in [5, 5.41) is 5.12. The molecule has 10 nitrogen and oxygen atoms in total. The first-order valence-corrected chi connectivity index (χ1v) is 11.3. The Balaban J connectivity index is 1.80. The summed E-state index contributed by atoms with van der Waals surface area (Å²) in [6, 6.07) is 8.32. The van der Waals surface area contributed by atoms with Crippen LogP contribution >= 0.6 is 0 Å². The second kappa shape index (κ2) is 8.42. The summed E-state index contributed by atoms with van der Waals surface area (Å²) in [5.41, 5.74) is 8.67. The summed E-state index contributed by atoms with van der Waals surface area (Å²) >= 11 is 0. The molecule has 2 N–H and O–H groups in total. The average Bonchev–Trinajstić information content (AvgIpc) is 3.32. The second-order valence-corrected chi connectivity index (χ2v) is 8.98. The van der Waals surface area contributed by atoms with Crippen molar-refractivity contribution in [1.82, 2.24) is 14.6 Å². The van der Waals surface area contributed by atoms with E-state index in [1.54, 1.807) is 56.2 Å². The Morgan fingerprint density at radius 2 is 1.81 bits per heavy atom. The van der Waals surface area contributed by atoms with E-state index < -0.39 is 17.6 Å². The maximum absolute atomic E-state index is 13.1. The predicted octanol–water partition coefficient (Wildman–Crippen LogP) is 2.87. The molecule has 0 unspecified atom stereocenters. The number of aromatic nitrogens is 2. The van der Waals surface area contributed by atoms with Gasteiger partial charge in [-0.1, -0.05) is 11.2 Å². The molecule has 3 heterocycles. The molecule has 0 spiro atoms. The fourth-order valence-electron chi connectivity index (χ4n) is 4.81. The first kappa shape index (κ1) is 23.4. The molecule has 1 aliphatic rings. The van der Waals surface area contributed by atoms with E-state index in [0.29, 0.717) is 57.5 Å². The van der Waals surface area contributed by atoms with Crippen LogP contribution in [-0.4, -0.2) is 64.4 Å². The molecule has 1 aliphatic heterocycles. The molecule has 0 atom stereocenters. The van der Waals surface area contributed by atoms with Crippen LogP contribution in [0, 0.1) is 13.8 Å². The van der Waals surface area contributed by atoms with Crippen LogP contribution in [0.1, 0.15) is 43.9 Å². The predicted molar refractivity (Wildman–Crippen MR) is 131 cm³/mol. The maximum Gasteiger partial charge on any atom is 0.298 e. The van der Waals surface area contributed by atoms with Crippen molar-refractivity contribution in [2.45, 2.75) is 26.9 Å². The first-order valence-electron chi connectivity index (χ1n) is 11.3. The standard InChI is InChI=1S/C26H24N4O6/c1-12-22(14(3)36-28-12)16-7-19-18-6-5-15(26(34)29-10-17(11-29)35-4)9-21(18)30(25(33)13(2)31)23(19)20(8-16)24(27)32/h5-9,17H,10-11H2,1-4H3,(H2,27,32). The number of nitrogens with zero attached hydrogens (tertiary/aromatic N) is 3. The summed E-state index contributed by atoms with van der Waals surface area (Å²) < 4.78 is 11.7. The molecule has 36 heavy (non-hydrogen) atoms. The third-order valence-corrected chi connectivity index (χ3v) is 6.67. The van der Waals surface area contributed by atoms with Crippen molar-refractivity contribution in [1.29, 1.82) is 0 Å². The van der Waals surface area contributed by atoms with Gasteiger partial charge >= 0.3 is 0 Å². The van der Waals surface area contributed by atoms with E-state index in [-0.39, 0.29) is 23.1 Å². The summed E-state index contributed by atoms with van der Waals surface area (Å²) in [6.07, 6.45) is -0.00992. The molecule has 0 radical (unpaired) electrons. The maximum atomic E-state index is 13.1. The van der Waals surface area contributed by atoms with E-state index in [1.165, 1.54) is 4.57 Å². The van der Waals surface area contributed by atoms with Gasteiger partial charge in [-0.3, -0.25) is 23.7 Å². The number of hydrogen-bond donors (Lipinski definition) is 1. The summed E-state index contributed by atoms with van der Waals surface area (Å²) in [5.74, 6) is -1.99. The number of methoxy groups -OCH3 is 1. The number of benzene rings is 2. The van der Waals surface area contributed by atoms with Gasteiger partial charge in [0.15, 0.2) is 0 Å². The number of amides is 2. The van der Waals surface area contributed by atoms with Crippen LogP contribution in [0.2, 0.25) is 0 Å². The lowest BCUT2D eigenvalue weighted by molar-refractivity contribution is -0.113. The molecule has 2 aromatic carbocycles. The molecule has 10 heteroatoms. The molecule has 2 amide bonds. The van der Waals surface area contributed by atoms with Crippen molar-refractivity contribution in [3.8, 4) is 11.1 Å². The highest BCUT2D eigenvalue weighted by Gasteiger charge is 2.32. The third-order valence-electron chi connectivity index (χ3n) is 6.67. The Morgan fingerprint density at radius 3 is 2.39 bits per heavy atom. The monoisotopic (exact) mass is 488 g/mol. The summed E-state index contributed by atoms with van der Waals surface area (Å²) in [4.78, 5) is 52.6. The number of rotatable bonds is 5. The Labute approximate surface area is 205 Å². The molecule has 1 saturated heterocycles. The number of fused-ring (bicyclic) bond motifs is 3. The average molecular weight is 489 g/mol. The first-order chi connectivity index (χ1) is 17.1. The largest absolute Gasteiger partial charge is 0.378 e. The Kier molecular flexibility index (Phi) is 5.48. The van der Waals surface area contributed by atoms with Crippen LogP contribution in [0.5, 0.6) is 0 Å². The van der Waals surface area contributed by atoms with Crippen LogP contribution in [0.15, 0.2) is 34.9 Å². The number of Topliss-reactive ketones (excluding diaryl/α,β-unsaturated/α-hetero) is 1. The van der Waals surface area contributed by atoms with Crippen LogP contribution in [0.4, 0.5) is 0 Å². The molecular formula is C26H24N4O6. The molecule has 0 saturated carbocycles. The van der Waals surface area contributed by atoms with Crippen molar-refractivity contribution in [2.24, 2.45) is 5.73 Å². The molecule has 0 bridgehead atoms. The highest BCUT2D eigenvalue weighted by Crippen LogP contribution is 2.37. The quantitative estimate of drug-likeness (QED) is 0.426. The lowest BCUT2D eigenvalue weighted by atomic mass is 9.97. The number of ketones is 1. The summed E-state index contributed by atoms with van der Waals surface area (Å²) in [6.45, 7) is 5.63. The zero-order valence-electron chi connectivity index (χ0n) is 20.2. The van der Waals surface area contributed by atoms with Gasteiger partial charge in [-0.2, -0.15) is 0 Å². The zero-order chi connectivity index (χ0) is 25.9. The molecule has 4 aromatic rings. The van der Waals surface area contributed by atoms with Crippen LogP contribution < -0.4 is 5.73 Å². The van der Waals surface area contributed by atoms with E-state index in [9.17, 15) is 19.2 Å². The van der Waals surface area contributed by atoms with E-state index in [4.69, 9.17) is 15.0 Å². The van der Waals surface area contributed by atoms with Gasteiger partial charge in [0.2, 0.25) is 5.78 Å². The number of nitrogens with two attached hydrogens (primary N) is 1. The molecule has 2 aromatic heterocycles. The van der Waals surface area contributed by atoms with E-state index in [1.807, 2.05) is 0 Å². The second-order valence-electron chi connectivity index (χ2n) is 8.98.